The summed E-state index contributed by atoms with van der Waals surface area (Å²) in [5, 5.41) is 18.5. The van der Waals surface area contributed by atoms with Gasteiger partial charge in [0.15, 0.2) is 0 Å². The van der Waals surface area contributed by atoms with Gasteiger partial charge in [-0.05, 0) is 60.4 Å². The highest BCUT2D eigenvalue weighted by Gasteiger charge is 2.23. The Bertz CT molecular complexity index is 1370. The SMILES string of the molecule is Cc1ccc(C(=O)O)cc1C(=O)O.NCc1ccc(N2CCc3cnc4ccccc4c32)cc1. The van der Waals surface area contributed by atoms with E-state index in [1.807, 2.05) is 12.3 Å². The molecule has 0 bridgehead atoms. The van der Waals surface area contributed by atoms with Crippen LogP contribution in [0.4, 0.5) is 11.4 Å². The van der Waals surface area contributed by atoms with Crippen LogP contribution in [0.15, 0.2) is 72.9 Å². The number of pyridine rings is 1. The van der Waals surface area contributed by atoms with E-state index >= 15 is 0 Å². The lowest BCUT2D eigenvalue weighted by molar-refractivity contribution is 0.0695. The van der Waals surface area contributed by atoms with Crippen LogP contribution in [0.5, 0.6) is 0 Å². The predicted octanol–water partition coefficient (Wildman–Crippen LogP) is 4.78. The summed E-state index contributed by atoms with van der Waals surface area (Å²) in [5.74, 6) is -2.23. The van der Waals surface area contributed by atoms with Crippen LogP contribution in [-0.2, 0) is 13.0 Å². The van der Waals surface area contributed by atoms with Gasteiger partial charge in [0.2, 0.25) is 0 Å². The lowest BCUT2D eigenvalue weighted by Crippen LogP contribution is -2.13. The number of nitrogens with two attached hydrogens (primary N) is 1. The van der Waals surface area contributed by atoms with Crippen molar-refractivity contribution < 1.29 is 19.8 Å². The second-order valence-corrected chi connectivity index (χ2v) is 8.06. The summed E-state index contributed by atoms with van der Waals surface area (Å²) in [6, 6.07) is 20.9. The Balaban J connectivity index is 0.000000182. The Morgan fingerprint density at radius 1 is 1.00 bits per heavy atom. The third-order valence-electron chi connectivity index (χ3n) is 5.90. The second kappa shape index (κ2) is 9.72. The van der Waals surface area contributed by atoms with E-state index in [9.17, 15) is 9.59 Å². The molecule has 1 aliphatic rings. The van der Waals surface area contributed by atoms with Gasteiger partial charge in [-0.1, -0.05) is 36.4 Å². The summed E-state index contributed by atoms with van der Waals surface area (Å²) >= 11 is 0. The number of anilines is 2. The van der Waals surface area contributed by atoms with Crippen molar-refractivity contribution in [3.63, 3.8) is 0 Å². The zero-order valence-corrected chi connectivity index (χ0v) is 18.7. The molecular formula is C27H25N3O4. The van der Waals surface area contributed by atoms with Crippen LogP contribution >= 0.6 is 0 Å². The fraction of sp³-hybridized carbons (Fsp3) is 0.148. The first-order valence-corrected chi connectivity index (χ1v) is 10.9. The lowest BCUT2D eigenvalue weighted by Gasteiger charge is -2.21. The molecule has 3 aromatic carbocycles. The Morgan fingerprint density at radius 2 is 1.74 bits per heavy atom. The van der Waals surface area contributed by atoms with E-state index in [2.05, 4.69) is 52.3 Å². The molecule has 0 unspecified atom stereocenters. The van der Waals surface area contributed by atoms with Crippen LogP contribution in [0.25, 0.3) is 10.9 Å². The number of fused-ring (bicyclic) bond motifs is 3. The van der Waals surface area contributed by atoms with Crippen molar-refractivity contribution in [3.8, 4) is 0 Å². The van der Waals surface area contributed by atoms with E-state index in [0.717, 1.165) is 30.1 Å². The van der Waals surface area contributed by atoms with Crippen LogP contribution in [0.1, 0.15) is 37.4 Å². The maximum absolute atomic E-state index is 10.6. The Kier molecular flexibility index (Phi) is 6.56. The highest BCUT2D eigenvalue weighted by atomic mass is 16.4. The molecule has 2 heterocycles. The number of hydrogen-bond donors (Lipinski definition) is 3. The summed E-state index contributed by atoms with van der Waals surface area (Å²) in [6.45, 7) is 3.21. The standard InChI is InChI=1S/C18H17N3.C9H8O4/c19-11-13-5-7-15(8-6-13)21-10-9-14-12-20-17-4-2-1-3-16(17)18(14)21;1-5-2-3-6(8(10)11)4-7(5)9(12)13/h1-8,12H,9-11,19H2;2-4H,1H3,(H,10,11)(H,12,13). The number of carboxylic acid groups (broad SMARTS) is 2. The van der Waals surface area contributed by atoms with E-state index in [1.165, 1.54) is 34.5 Å². The molecule has 0 saturated heterocycles. The zero-order chi connectivity index (χ0) is 24.2. The molecule has 0 fully saturated rings. The molecule has 1 aromatic heterocycles. The van der Waals surface area contributed by atoms with Gasteiger partial charge in [-0.15, -0.1) is 0 Å². The van der Waals surface area contributed by atoms with Gasteiger partial charge in [0, 0.05) is 30.4 Å². The third kappa shape index (κ3) is 4.60. The fourth-order valence-corrected chi connectivity index (χ4v) is 4.07. The Hall–Kier alpha value is -4.23. The number of aromatic nitrogens is 1. The molecule has 0 saturated carbocycles. The van der Waals surface area contributed by atoms with E-state index < -0.39 is 11.9 Å². The molecule has 0 amide bonds. The van der Waals surface area contributed by atoms with Crippen molar-refractivity contribution in [1.82, 2.24) is 4.98 Å². The molecule has 4 aromatic rings. The molecule has 0 atom stereocenters. The number of aromatic carboxylic acids is 2. The van der Waals surface area contributed by atoms with Gasteiger partial charge < -0.3 is 20.8 Å². The van der Waals surface area contributed by atoms with Gasteiger partial charge in [-0.25, -0.2) is 9.59 Å². The van der Waals surface area contributed by atoms with Gasteiger partial charge in [-0.2, -0.15) is 0 Å². The van der Waals surface area contributed by atoms with Gasteiger partial charge in [0.1, 0.15) is 0 Å². The summed E-state index contributed by atoms with van der Waals surface area (Å²) in [4.78, 5) is 28.1. The topological polar surface area (TPSA) is 117 Å². The molecule has 172 valence electrons. The molecule has 7 heteroatoms. The van der Waals surface area contributed by atoms with Crippen LogP contribution in [0.2, 0.25) is 0 Å². The average molecular weight is 456 g/mol. The van der Waals surface area contributed by atoms with E-state index in [1.54, 1.807) is 6.92 Å². The van der Waals surface area contributed by atoms with Crippen LogP contribution in [-0.4, -0.2) is 33.7 Å². The third-order valence-corrected chi connectivity index (χ3v) is 5.90. The number of hydrogen-bond acceptors (Lipinski definition) is 5. The van der Waals surface area contributed by atoms with Crippen molar-refractivity contribution >= 4 is 34.2 Å². The number of nitrogens with zero attached hydrogens (tertiary/aromatic N) is 2. The smallest absolute Gasteiger partial charge is 0.335 e. The summed E-state index contributed by atoms with van der Waals surface area (Å²) in [7, 11) is 0. The first-order chi connectivity index (χ1) is 16.4. The van der Waals surface area contributed by atoms with Crippen molar-refractivity contribution in [2.45, 2.75) is 19.9 Å². The van der Waals surface area contributed by atoms with Gasteiger partial charge in [0.05, 0.1) is 22.3 Å². The quantitative estimate of drug-likeness (QED) is 0.405. The van der Waals surface area contributed by atoms with Crippen molar-refractivity contribution in [1.29, 1.82) is 0 Å². The first kappa shape index (κ1) is 22.9. The molecule has 0 radical (unpaired) electrons. The van der Waals surface area contributed by atoms with Crippen LogP contribution in [0, 0.1) is 6.92 Å². The van der Waals surface area contributed by atoms with Crippen molar-refractivity contribution in [2.24, 2.45) is 5.73 Å². The normalized spacial score (nSPS) is 12.1. The number of rotatable bonds is 4. The molecular weight excluding hydrogens is 430 g/mol. The highest BCUT2D eigenvalue weighted by Crippen LogP contribution is 2.39. The predicted molar refractivity (Wildman–Crippen MR) is 132 cm³/mol. The number of aryl methyl sites for hydroxylation is 1. The van der Waals surface area contributed by atoms with Crippen molar-refractivity contribution in [2.75, 3.05) is 11.4 Å². The Morgan fingerprint density at radius 3 is 2.41 bits per heavy atom. The maximum atomic E-state index is 10.6. The monoisotopic (exact) mass is 455 g/mol. The largest absolute Gasteiger partial charge is 0.478 e. The molecule has 5 rings (SSSR count). The minimum absolute atomic E-state index is 0.0111. The number of benzene rings is 3. The van der Waals surface area contributed by atoms with Crippen molar-refractivity contribution in [3.05, 3.63) is 101 Å². The summed E-state index contributed by atoms with van der Waals surface area (Å²) in [5.41, 5.74) is 12.3. The van der Waals surface area contributed by atoms with E-state index in [0.29, 0.717) is 12.1 Å². The molecule has 1 aliphatic heterocycles. The average Bonchev–Trinajstić information content (AvgIpc) is 3.29. The molecule has 34 heavy (non-hydrogen) atoms. The minimum atomic E-state index is -1.12. The lowest BCUT2D eigenvalue weighted by atomic mass is 10.1. The highest BCUT2D eigenvalue weighted by molar-refractivity contribution is 5.96. The number of carbonyl (C=O) groups is 2. The zero-order valence-electron chi connectivity index (χ0n) is 18.7. The van der Waals surface area contributed by atoms with E-state index in [4.69, 9.17) is 15.9 Å². The first-order valence-electron chi connectivity index (χ1n) is 10.9. The molecule has 7 nitrogen and oxygen atoms in total. The summed E-state index contributed by atoms with van der Waals surface area (Å²) in [6.07, 6.45) is 3.07. The minimum Gasteiger partial charge on any atom is -0.478 e. The number of para-hydroxylation sites is 1. The number of carboxylic acids is 2. The van der Waals surface area contributed by atoms with Gasteiger partial charge in [-0.3, -0.25) is 4.98 Å². The van der Waals surface area contributed by atoms with Crippen LogP contribution in [0.3, 0.4) is 0 Å². The van der Waals surface area contributed by atoms with E-state index in [-0.39, 0.29) is 11.1 Å². The molecule has 0 aliphatic carbocycles. The second-order valence-electron chi connectivity index (χ2n) is 8.06. The Labute approximate surface area is 197 Å². The van der Waals surface area contributed by atoms with Gasteiger partial charge in [0.25, 0.3) is 0 Å². The van der Waals surface area contributed by atoms with Crippen LogP contribution < -0.4 is 10.6 Å². The molecule has 0 spiro atoms. The fourth-order valence-electron chi connectivity index (χ4n) is 4.07. The molecule has 4 N–H and O–H groups in total. The summed E-state index contributed by atoms with van der Waals surface area (Å²) < 4.78 is 0. The van der Waals surface area contributed by atoms with Gasteiger partial charge >= 0.3 is 11.9 Å². The maximum Gasteiger partial charge on any atom is 0.335 e.